The second-order valence-electron chi connectivity index (χ2n) is 6.06. The van der Waals surface area contributed by atoms with Crippen molar-refractivity contribution < 1.29 is 17.9 Å². The summed E-state index contributed by atoms with van der Waals surface area (Å²) < 4.78 is 32.9. The van der Waals surface area contributed by atoms with Crippen LogP contribution in [0, 0.1) is 6.92 Å². The smallest absolute Gasteiger partial charge is 0.343 e. The van der Waals surface area contributed by atoms with Gasteiger partial charge in [-0.05, 0) is 55.7 Å². The van der Waals surface area contributed by atoms with Crippen LogP contribution >= 0.6 is 27.5 Å². The van der Waals surface area contributed by atoms with Crippen molar-refractivity contribution in [2.24, 2.45) is 0 Å². The minimum absolute atomic E-state index is 0.0903. The summed E-state index contributed by atoms with van der Waals surface area (Å²) in [7, 11) is -3.60. The molecular formula is C18H17BrClNO4S. The highest BCUT2D eigenvalue weighted by Crippen LogP contribution is 2.32. The van der Waals surface area contributed by atoms with E-state index in [1.54, 1.807) is 19.1 Å². The van der Waals surface area contributed by atoms with Gasteiger partial charge in [-0.2, -0.15) is 4.31 Å². The number of nitrogens with zero attached hydrogens (tertiary/aromatic N) is 1. The van der Waals surface area contributed by atoms with Gasteiger partial charge in [-0.25, -0.2) is 13.2 Å². The zero-order valence-electron chi connectivity index (χ0n) is 14.0. The fourth-order valence-electron chi connectivity index (χ4n) is 2.83. The number of sulfonamides is 1. The number of carbonyl (C=O) groups is 1. The van der Waals surface area contributed by atoms with Crippen LogP contribution in [-0.4, -0.2) is 31.8 Å². The number of benzene rings is 2. The minimum Gasteiger partial charge on any atom is -0.421 e. The molecule has 0 unspecified atom stereocenters. The fourth-order valence-corrected chi connectivity index (χ4v) is 5.40. The molecule has 0 amide bonds. The summed E-state index contributed by atoms with van der Waals surface area (Å²) in [6.45, 7) is 2.78. The lowest BCUT2D eigenvalue weighted by Gasteiger charge is -2.16. The van der Waals surface area contributed by atoms with E-state index in [0.29, 0.717) is 23.7 Å². The molecular weight excluding hydrogens is 442 g/mol. The van der Waals surface area contributed by atoms with E-state index in [1.807, 2.05) is 0 Å². The van der Waals surface area contributed by atoms with Gasteiger partial charge in [-0.1, -0.05) is 33.6 Å². The van der Waals surface area contributed by atoms with E-state index in [0.717, 1.165) is 17.3 Å². The summed E-state index contributed by atoms with van der Waals surface area (Å²) in [5.41, 5.74) is 0.849. The van der Waals surface area contributed by atoms with E-state index >= 15 is 0 Å². The third kappa shape index (κ3) is 3.96. The summed E-state index contributed by atoms with van der Waals surface area (Å²) in [6.07, 6.45) is 1.70. The Hall–Kier alpha value is -1.41. The second kappa shape index (κ2) is 7.68. The van der Waals surface area contributed by atoms with Gasteiger partial charge in [0.25, 0.3) is 0 Å². The fraction of sp³-hybridized carbons (Fsp3) is 0.278. The predicted molar refractivity (Wildman–Crippen MR) is 103 cm³/mol. The van der Waals surface area contributed by atoms with E-state index in [-0.39, 0.29) is 16.2 Å². The van der Waals surface area contributed by atoms with Crippen LogP contribution in [-0.2, 0) is 10.0 Å². The molecule has 5 nitrogen and oxygen atoms in total. The first kappa shape index (κ1) is 19.4. The van der Waals surface area contributed by atoms with Crippen LogP contribution in [0.1, 0.15) is 28.8 Å². The minimum atomic E-state index is -3.60. The number of halogens is 2. The Morgan fingerprint density at radius 3 is 2.54 bits per heavy atom. The number of hydrogen-bond donors (Lipinski definition) is 0. The highest BCUT2D eigenvalue weighted by Gasteiger charge is 2.28. The van der Waals surface area contributed by atoms with Crippen molar-refractivity contribution in [2.75, 3.05) is 13.1 Å². The Labute approximate surface area is 166 Å². The zero-order valence-corrected chi connectivity index (χ0v) is 17.2. The normalized spacial score (nSPS) is 15.2. The molecule has 138 valence electrons. The summed E-state index contributed by atoms with van der Waals surface area (Å²) >= 11 is 9.47. The quantitative estimate of drug-likeness (QED) is 0.503. The first-order valence-corrected chi connectivity index (χ1v) is 10.7. The molecule has 1 fully saturated rings. The maximum atomic E-state index is 12.7. The SMILES string of the molecule is Cc1cc(Br)cc(Cl)c1OC(=O)c1cccc(S(=O)(=O)N2CCCC2)c1. The third-order valence-electron chi connectivity index (χ3n) is 4.16. The van der Waals surface area contributed by atoms with Crippen molar-refractivity contribution in [1.82, 2.24) is 4.31 Å². The van der Waals surface area contributed by atoms with Crippen LogP contribution in [0.4, 0.5) is 0 Å². The van der Waals surface area contributed by atoms with E-state index in [4.69, 9.17) is 16.3 Å². The molecule has 0 aliphatic carbocycles. The van der Waals surface area contributed by atoms with Crippen LogP contribution in [0.5, 0.6) is 5.75 Å². The zero-order chi connectivity index (χ0) is 18.9. The molecule has 0 spiro atoms. The molecule has 0 saturated carbocycles. The molecule has 0 aromatic heterocycles. The predicted octanol–water partition coefficient (Wildman–Crippen LogP) is 4.41. The molecule has 1 aliphatic rings. The van der Waals surface area contributed by atoms with Gasteiger partial charge in [0.05, 0.1) is 15.5 Å². The number of carbonyl (C=O) groups excluding carboxylic acids is 1. The average molecular weight is 459 g/mol. The average Bonchev–Trinajstić information content (AvgIpc) is 3.13. The van der Waals surface area contributed by atoms with Gasteiger partial charge in [0.2, 0.25) is 10.0 Å². The topological polar surface area (TPSA) is 63.7 Å². The third-order valence-corrected chi connectivity index (χ3v) is 6.79. The molecule has 0 N–H and O–H groups in total. The number of aryl methyl sites for hydroxylation is 1. The first-order chi connectivity index (χ1) is 12.3. The standard InChI is InChI=1S/C18H17BrClNO4S/c1-12-9-14(19)11-16(20)17(12)25-18(22)13-5-4-6-15(10-13)26(23,24)21-7-2-3-8-21/h4-6,9-11H,2-3,7-8H2,1H3. The van der Waals surface area contributed by atoms with Crippen LogP contribution in [0.2, 0.25) is 5.02 Å². The molecule has 2 aromatic rings. The lowest BCUT2D eigenvalue weighted by Crippen LogP contribution is -2.28. The van der Waals surface area contributed by atoms with Gasteiger partial charge >= 0.3 is 5.97 Å². The van der Waals surface area contributed by atoms with Crippen molar-refractivity contribution in [3.05, 3.63) is 57.0 Å². The molecule has 0 atom stereocenters. The Morgan fingerprint density at radius 2 is 1.88 bits per heavy atom. The Bertz CT molecular complexity index is 932. The lowest BCUT2D eigenvalue weighted by molar-refractivity contribution is 0.0733. The maximum Gasteiger partial charge on any atom is 0.343 e. The number of esters is 1. The van der Waals surface area contributed by atoms with E-state index in [9.17, 15) is 13.2 Å². The molecule has 26 heavy (non-hydrogen) atoms. The van der Waals surface area contributed by atoms with Gasteiger partial charge in [0.1, 0.15) is 0 Å². The molecule has 0 bridgehead atoms. The molecule has 3 rings (SSSR count). The van der Waals surface area contributed by atoms with Crippen molar-refractivity contribution in [3.8, 4) is 5.75 Å². The Balaban J connectivity index is 1.88. The van der Waals surface area contributed by atoms with E-state index < -0.39 is 16.0 Å². The van der Waals surface area contributed by atoms with Crippen LogP contribution < -0.4 is 4.74 Å². The largest absolute Gasteiger partial charge is 0.421 e. The van der Waals surface area contributed by atoms with Gasteiger partial charge in [-0.15, -0.1) is 0 Å². The highest BCUT2D eigenvalue weighted by atomic mass is 79.9. The Kier molecular flexibility index (Phi) is 5.72. The van der Waals surface area contributed by atoms with Gasteiger partial charge in [0, 0.05) is 17.6 Å². The van der Waals surface area contributed by atoms with Gasteiger partial charge in [-0.3, -0.25) is 0 Å². The van der Waals surface area contributed by atoms with Crippen LogP contribution in [0.3, 0.4) is 0 Å². The summed E-state index contributed by atoms with van der Waals surface area (Å²) in [4.78, 5) is 12.6. The Morgan fingerprint density at radius 1 is 1.19 bits per heavy atom. The van der Waals surface area contributed by atoms with Crippen molar-refractivity contribution >= 4 is 43.5 Å². The summed E-state index contributed by atoms with van der Waals surface area (Å²) in [6, 6.07) is 9.30. The second-order valence-corrected chi connectivity index (χ2v) is 9.32. The molecule has 8 heteroatoms. The van der Waals surface area contributed by atoms with Crippen molar-refractivity contribution in [3.63, 3.8) is 0 Å². The van der Waals surface area contributed by atoms with Crippen LogP contribution in [0.15, 0.2) is 45.8 Å². The number of ether oxygens (including phenoxy) is 1. The van der Waals surface area contributed by atoms with E-state index in [1.165, 1.54) is 28.6 Å². The highest BCUT2D eigenvalue weighted by molar-refractivity contribution is 9.10. The van der Waals surface area contributed by atoms with Crippen molar-refractivity contribution in [2.45, 2.75) is 24.7 Å². The van der Waals surface area contributed by atoms with Gasteiger partial charge in [0.15, 0.2) is 5.75 Å². The lowest BCUT2D eigenvalue weighted by atomic mass is 10.2. The summed E-state index contributed by atoms with van der Waals surface area (Å²) in [5, 5.41) is 0.297. The first-order valence-electron chi connectivity index (χ1n) is 8.07. The molecule has 2 aromatic carbocycles. The number of rotatable bonds is 4. The number of hydrogen-bond acceptors (Lipinski definition) is 4. The maximum absolute atomic E-state index is 12.7. The molecule has 1 aliphatic heterocycles. The monoisotopic (exact) mass is 457 g/mol. The molecule has 0 radical (unpaired) electrons. The molecule has 1 saturated heterocycles. The van der Waals surface area contributed by atoms with Crippen molar-refractivity contribution in [1.29, 1.82) is 0 Å². The van der Waals surface area contributed by atoms with E-state index in [2.05, 4.69) is 15.9 Å². The molecule has 1 heterocycles. The van der Waals surface area contributed by atoms with Gasteiger partial charge < -0.3 is 4.74 Å². The van der Waals surface area contributed by atoms with Crippen LogP contribution in [0.25, 0.3) is 0 Å². The summed E-state index contributed by atoms with van der Waals surface area (Å²) in [5.74, 6) is -0.400.